The van der Waals surface area contributed by atoms with Crippen LogP contribution in [0, 0.1) is 0 Å². The van der Waals surface area contributed by atoms with Crippen molar-refractivity contribution in [2.24, 2.45) is 0 Å². The average Bonchev–Trinajstić information content (AvgIpc) is 2.65. The van der Waals surface area contributed by atoms with Crippen LogP contribution in [-0.4, -0.2) is 38.6 Å². The molecule has 2 rings (SSSR count). The molecule has 0 aromatic carbocycles. The SMILES string of the molecule is C=CCNC(=O)c1sc(N2CCCNCC2)cc1N. The smallest absolute Gasteiger partial charge is 0.263 e. The van der Waals surface area contributed by atoms with Gasteiger partial charge in [0, 0.05) is 26.2 Å². The fourth-order valence-electron chi connectivity index (χ4n) is 2.04. The standard InChI is InChI=1S/C13H20N4OS/c1-2-4-16-13(18)12-10(14)9-11(19-12)17-7-3-5-15-6-8-17/h2,9,15H,1,3-8,14H2,(H,16,18). The highest BCUT2D eigenvalue weighted by atomic mass is 32.1. The molecule has 19 heavy (non-hydrogen) atoms. The molecule has 1 aliphatic heterocycles. The Bertz CT molecular complexity index is 449. The van der Waals surface area contributed by atoms with E-state index >= 15 is 0 Å². The van der Waals surface area contributed by atoms with E-state index in [0.29, 0.717) is 17.1 Å². The molecule has 0 aliphatic carbocycles. The highest BCUT2D eigenvalue weighted by molar-refractivity contribution is 7.18. The molecular formula is C13H20N4OS. The Labute approximate surface area is 117 Å². The van der Waals surface area contributed by atoms with Crippen molar-refractivity contribution in [1.82, 2.24) is 10.6 Å². The monoisotopic (exact) mass is 280 g/mol. The summed E-state index contributed by atoms with van der Waals surface area (Å²) in [6.07, 6.45) is 2.76. The van der Waals surface area contributed by atoms with Gasteiger partial charge in [-0.15, -0.1) is 17.9 Å². The largest absolute Gasteiger partial charge is 0.397 e. The lowest BCUT2D eigenvalue weighted by molar-refractivity contribution is 0.0963. The second-order valence-corrected chi connectivity index (χ2v) is 5.49. The van der Waals surface area contributed by atoms with E-state index < -0.39 is 0 Å². The number of nitrogens with one attached hydrogen (secondary N) is 2. The predicted octanol–water partition coefficient (Wildman–Crippen LogP) is 1.05. The first kappa shape index (κ1) is 13.9. The number of nitrogens with two attached hydrogens (primary N) is 1. The molecule has 1 fully saturated rings. The first-order valence-corrected chi connectivity index (χ1v) is 7.28. The molecule has 1 aromatic rings. The summed E-state index contributed by atoms with van der Waals surface area (Å²) in [6, 6.07) is 1.90. The van der Waals surface area contributed by atoms with Gasteiger partial charge in [-0.3, -0.25) is 4.79 Å². The lowest BCUT2D eigenvalue weighted by atomic mass is 10.3. The van der Waals surface area contributed by atoms with E-state index in [1.807, 2.05) is 6.07 Å². The highest BCUT2D eigenvalue weighted by Gasteiger charge is 2.18. The van der Waals surface area contributed by atoms with Crippen LogP contribution in [0.4, 0.5) is 10.7 Å². The summed E-state index contributed by atoms with van der Waals surface area (Å²) in [5.74, 6) is -0.124. The van der Waals surface area contributed by atoms with Crippen molar-refractivity contribution in [2.45, 2.75) is 6.42 Å². The molecule has 5 nitrogen and oxygen atoms in total. The molecule has 1 saturated heterocycles. The molecule has 1 aromatic heterocycles. The Hall–Kier alpha value is -1.53. The van der Waals surface area contributed by atoms with Crippen LogP contribution in [0.1, 0.15) is 16.1 Å². The topological polar surface area (TPSA) is 70.4 Å². The van der Waals surface area contributed by atoms with Crippen molar-refractivity contribution in [3.63, 3.8) is 0 Å². The molecule has 6 heteroatoms. The summed E-state index contributed by atoms with van der Waals surface area (Å²) in [5.41, 5.74) is 6.50. The first-order valence-electron chi connectivity index (χ1n) is 6.46. The second-order valence-electron chi connectivity index (χ2n) is 4.46. The molecule has 4 N–H and O–H groups in total. The molecule has 1 aliphatic rings. The van der Waals surface area contributed by atoms with Crippen molar-refractivity contribution in [3.8, 4) is 0 Å². The van der Waals surface area contributed by atoms with Gasteiger partial charge in [0.25, 0.3) is 5.91 Å². The Balaban J connectivity index is 2.10. The maximum absolute atomic E-state index is 11.9. The summed E-state index contributed by atoms with van der Waals surface area (Å²) in [6.45, 7) is 8.00. The number of amides is 1. The summed E-state index contributed by atoms with van der Waals surface area (Å²) < 4.78 is 0. The molecule has 104 valence electrons. The van der Waals surface area contributed by atoms with Gasteiger partial charge < -0.3 is 21.3 Å². The van der Waals surface area contributed by atoms with Crippen molar-refractivity contribution in [2.75, 3.05) is 43.4 Å². The lowest BCUT2D eigenvalue weighted by Gasteiger charge is -2.19. The van der Waals surface area contributed by atoms with Crippen LogP contribution in [0.3, 0.4) is 0 Å². The van der Waals surface area contributed by atoms with Crippen LogP contribution in [0.15, 0.2) is 18.7 Å². The molecule has 0 bridgehead atoms. The van der Waals surface area contributed by atoms with Gasteiger partial charge in [-0.05, 0) is 19.0 Å². The summed E-state index contributed by atoms with van der Waals surface area (Å²) in [7, 11) is 0. The second kappa shape index (κ2) is 6.58. The minimum atomic E-state index is -0.124. The van der Waals surface area contributed by atoms with E-state index in [-0.39, 0.29) is 5.91 Å². The Morgan fingerprint density at radius 1 is 1.58 bits per heavy atom. The zero-order valence-corrected chi connectivity index (χ0v) is 11.8. The third-order valence-electron chi connectivity index (χ3n) is 3.01. The van der Waals surface area contributed by atoms with Gasteiger partial charge in [-0.25, -0.2) is 0 Å². The molecule has 0 saturated carbocycles. The lowest BCUT2D eigenvalue weighted by Crippen LogP contribution is -2.27. The summed E-state index contributed by atoms with van der Waals surface area (Å²) in [5, 5.41) is 7.20. The molecule has 0 spiro atoms. The molecule has 2 heterocycles. The van der Waals surface area contributed by atoms with Crippen LogP contribution in [0.5, 0.6) is 0 Å². The number of carbonyl (C=O) groups is 1. The quantitative estimate of drug-likeness (QED) is 0.721. The van der Waals surface area contributed by atoms with E-state index in [1.165, 1.54) is 11.3 Å². The number of nitrogens with zero attached hydrogens (tertiary/aromatic N) is 1. The van der Waals surface area contributed by atoms with Crippen molar-refractivity contribution < 1.29 is 4.79 Å². The van der Waals surface area contributed by atoms with Crippen LogP contribution in [0.25, 0.3) is 0 Å². The number of nitrogen functional groups attached to an aromatic ring is 1. The fraction of sp³-hybridized carbons (Fsp3) is 0.462. The fourth-order valence-corrected chi connectivity index (χ4v) is 3.08. The number of hydrogen-bond acceptors (Lipinski definition) is 5. The van der Waals surface area contributed by atoms with Crippen LogP contribution >= 0.6 is 11.3 Å². The molecule has 0 atom stereocenters. The van der Waals surface area contributed by atoms with Gasteiger partial charge in [-0.1, -0.05) is 6.08 Å². The Morgan fingerprint density at radius 3 is 3.21 bits per heavy atom. The van der Waals surface area contributed by atoms with Gasteiger partial charge in [0.1, 0.15) is 4.88 Å². The van der Waals surface area contributed by atoms with E-state index in [2.05, 4.69) is 22.1 Å². The van der Waals surface area contributed by atoms with Gasteiger partial charge >= 0.3 is 0 Å². The normalized spacial score (nSPS) is 15.9. The molecule has 0 radical (unpaired) electrons. The van der Waals surface area contributed by atoms with Crippen molar-refractivity contribution in [1.29, 1.82) is 0 Å². The van der Waals surface area contributed by atoms with Gasteiger partial charge in [0.05, 0.1) is 10.7 Å². The Kier molecular flexibility index (Phi) is 4.81. The van der Waals surface area contributed by atoms with E-state index in [1.54, 1.807) is 6.08 Å². The molecular weight excluding hydrogens is 260 g/mol. The molecule has 0 unspecified atom stereocenters. The number of thiophene rings is 1. The van der Waals surface area contributed by atoms with Gasteiger partial charge in [0.15, 0.2) is 0 Å². The number of anilines is 2. The third-order valence-corrected chi connectivity index (χ3v) is 4.22. The zero-order chi connectivity index (χ0) is 13.7. The maximum atomic E-state index is 11.9. The summed E-state index contributed by atoms with van der Waals surface area (Å²) in [4.78, 5) is 14.8. The van der Waals surface area contributed by atoms with E-state index in [9.17, 15) is 4.79 Å². The highest BCUT2D eigenvalue weighted by Crippen LogP contribution is 2.32. The van der Waals surface area contributed by atoms with E-state index in [4.69, 9.17) is 5.73 Å². The average molecular weight is 280 g/mol. The van der Waals surface area contributed by atoms with Gasteiger partial charge in [0.2, 0.25) is 0 Å². The van der Waals surface area contributed by atoms with Gasteiger partial charge in [-0.2, -0.15) is 0 Å². The number of hydrogen-bond donors (Lipinski definition) is 3. The molecule has 1 amide bonds. The van der Waals surface area contributed by atoms with Crippen LogP contribution < -0.4 is 21.3 Å². The van der Waals surface area contributed by atoms with Crippen molar-refractivity contribution in [3.05, 3.63) is 23.6 Å². The number of carbonyl (C=O) groups excluding carboxylic acids is 1. The van der Waals surface area contributed by atoms with Crippen LogP contribution in [-0.2, 0) is 0 Å². The third kappa shape index (κ3) is 3.48. The maximum Gasteiger partial charge on any atom is 0.263 e. The number of rotatable bonds is 4. The summed E-state index contributed by atoms with van der Waals surface area (Å²) >= 11 is 1.46. The van der Waals surface area contributed by atoms with Crippen molar-refractivity contribution >= 4 is 27.9 Å². The zero-order valence-electron chi connectivity index (χ0n) is 10.9. The predicted molar refractivity (Wildman–Crippen MR) is 81.0 cm³/mol. The van der Waals surface area contributed by atoms with E-state index in [0.717, 1.165) is 37.6 Å². The minimum Gasteiger partial charge on any atom is -0.397 e. The first-order chi connectivity index (χ1) is 9.22. The Morgan fingerprint density at radius 2 is 2.42 bits per heavy atom. The minimum absolute atomic E-state index is 0.124. The van der Waals surface area contributed by atoms with Crippen LogP contribution in [0.2, 0.25) is 0 Å².